The Morgan fingerprint density at radius 2 is 1.55 bits per heavy atom. The normalized spacial score (nSPS) is 11.7. The third-order valence-corrected chi connectivity index (χ3v) is 5.41. The molecule has 1 atom stereocenters. The number of nitrogens with one attached hydrogen (secondary N) is 2. The van der Waals surface area contributed by atoms with Crippen LogP contribution in [0.4, 0.5) is 4.79 Å². The molecule has 0 aromatic heterocycles. The van der Waals surface area contributed by atoms with Crippen LogP contribution in [0.25, 0.3) is 0 Å². The summed E-state index contributed by atoms with van der Waals surface area (Å²) in [6.45, 7) is 6.04. The molecule has 0 aliphatic heterocycles. The van der Waals surface area contributed by atoms with E-state index in [0.29, 0.717) is 24.9 Å². The van der Waals surface area contributed by atoms with Crippen molar-refractivity contribution in [2.75, 3.05) is 13.7 Å². The van der Waals surface area contributed by atoms with E-state index in [9.17, 15) is 19.2 Å². The van der Waals surface area contributed by atoms with Crippen molar-refractivity contribution < 1.29 is 33.4 Å². The van der Waals surface area contributed by atoms with Crippen LogP contribution < -0.4 is 10.6 Å². The van der Waals surface area contributed by atoms with Crippen molar-refractivity contribution in [1.82, 2.24) is 10.6 Å². The number of carbonyl (C=O) groups excluding carboxylic acids is 4. The molecule has 2 aromatic carbocycles. The van der Waals surface area contributed by atoms with E-state index in [1.54, 1.807) is 45.0 Å². The highest BCUT2D eigenvalue weighted by Crippen LogP contribution is 2.14. The van der Waals surface area contributed by atoms with Crippen LogP contribution in [0.3, 0.4) is 0 Å². The highest BCUT2D eigenvalue weighted by Gasteiger charge is 2.22. The maximum absolute atomic E-state index is 12.4. The molecule has 9 nitrogen and oxygen atoms in total. The number of esters is 2. The standard InChI is InChI=1S/C29H38N2O7/c1-29(2,3)38-26(33)23-16-14-21(15-17-23)19-24(27(34)36-4)31-25(32)13-9-6-10-18-30-28(35)37-20-22-11-7-5-8-12-22/h5,7-8,11-12,14-17,24H,6,9-10,13,18-20H2,1-4H3,(H,30,35)(H,31,32)/t24-/m0/s1. The van der Waals surface area contributed by atoms with Gasteiger partial charge in [0.05, 0.1) is 12.7 Å². The molecule has 0 radical (unpaired) electrons. The summed E-state index contributed by atoms with van der Waals surface area (Å²) in [6, 6.07) is 15.3. The Morgan fingerprint density at radius 1 is 0.868 bits per heavy atom. The van der Waals surface area contributed by atoms with E-state index in [-0.39, 0.29) is 25.4 Å². The molecule has 2 aromatic rings. The SMILES string of the molecule is COC(=O)[C@H](Cc1ccc(C(=O)OC(C)(C)C)cc1)NC(=O)CCCCCNC(=O)OCc1ccccc1. The van der Waals surface area contributed by atoms with Gasteiger partial charge in [0, 0.05) is 19.4 Å². The summed E-state index contributed by atoms with van der Waals surface area (Å²) in [7, 11) is 1.27. The highest BCUT2D eigenvalue weighted by molar-refractivity contribution is 5.89. The van der Waals surface area contributed by atoms with Crippen LogP contribution in [-0.2, 0) is 36.8 Å². The molecule has 0 aliphatic carbocycles. The van der Waals surface area contributed by atoms with E-state index in [1.165, 1.54) is 7.11 Å². The third kappa shape index (κ3) is 11.9. The average Bonchev–Trinajstić information content (AvgIpc) is 2.88. The van der Waals surface area contributed by atoms with E-state index < -0.39 is 29.7 Å². The topological polar surface area (TPSA) is 120 Å². The summed E-state index contributed by atoms with van der Waals surface area (Å²) in [5.74, 6) is -1.24. The van der Waals surface area contributed by atoms with Gasteiger partial charge in [-0.1, -0.05) is 48.9 Å². The molecule has 0 saturated carbocycles. The number of methoxy groups -OCH3 is 1. The molecule has 0 fully saturated rings. The van der Waals surface area contributed by atoms with Crippen LogP contribution >= 0.6 is 0 Å². The number of rotatable bonds is 13. The van der Waals surface area contributed by atoms with Gasteiger partial charge in [-0.2, -0.15) is 0 Å². The summed E-state index contributed by atoms with van der Waals surface area (Å²) in [4.78, 5) is 48.6. The van der Waals surface area contributed by atoms with Gasteiger partial charge in [0.15, 0.2) is 0 Å². The Morgan fingerprint density at radius 3 is 2.18 bits per heavy atom. The van der Waals surface area contributed by atoms with Gasteiger partial charge < -0.3 is 24.8 Å². The summed E-state index contributed by atoms with van der Waals surface area (Å²) >= 11 is 0. The van der Waals surface area contributed by atoms with Crippen molar-refractivity contribution in [2.45, 2.75) is 71.1 Å². The highest BCUT2D eigenvalue weighted by atomic mass is 16.6. The van der Waals surface area contributed by atoms with Gasteiger partial charge in [0.2, 0.25) is 5.91 Å². The predicted molar refractivity (Wildman–Crippen MR) is 142 cm³/mol. The van der Waals surface area contributed by atoms with Crippen molar-refractivity contribution in [2.24, 2.45) is 0 Å². The lowest BCUT2D eigenvalue weighted by Gasteiger charge is -2.20. The zero-order valence-electron chi connectivity index (χ0n) is 22.6. The molecule has 38 heavy (non-hydrogen) atoms. The minimum atomic E-state index is -0.846. The molecule has 0 saturated heterocycles. The van der Waals surface area contributed by atoms with Crippen molar-refractivity contribution >= 4 is 23.9 Å². The van der Waals surface area contributed by atoms with E-state index in [2.05, 4.69) is 10.6 Å². The van der Waals surface area contributed by atoms with E-state index in [1.807, 2.05) is 30.3 Å². The van der Waals surface area contributed by atoms with Gasteiger partial charge in [-0.25, -0.2) is 14.4 Å². The Hall–Kier alpha value is -3.88. The third-order valence-electron chi connectivity index (χ3n) is 5.41. The van der Waals surface area contributed by atoms with Crippen molar-refractivity contribution in [3.8, 4) is 0 Å². The van der Waals surface area contributed by atoms with Crippen LogP contribution in [0.5, 0.6) is 0 Å². The van der Waals surface area contributed by atoms with E-state index >= 15 is 0 Å². The molecular weight excluding hydrogens is 488 g/mol. The first-order valence-corrected chi connectivity index (χ1v) is 12.7. The largest absolute Gasteiger partial charge is 0.467 e. The van der Waals surface area contributed by atoms with Crippen molar-refractivity contribution in [1.29, 1.82) is 0 Å². The smallest absolute Gasteiger partial charge is 0.407 e. The molecule has 0 heterocycles. The monoisotopic (exact) mass is 526 g/mol. The van der Waals surface area contributed by atoms with Gasteiger partial charge in [0.1, 0.15) is 18.2 Å². The van der Waals surface area contributed by atoms with Gasteiger partial charge >= 0.3 is 18.0 Å². The number of hydrogen-bond acceptors (Lipinski definition) is 7. The van der Waals surface area contributed by atoms with Gasteiger partial charge in [-0.15, -0.1) is 0 Å². The number of carbonyl (C=O) groups is 4. The van der Waals surface area contributed by atoms with E-state index in [4.69, 9.17) is 14.2 Å². The molecule has 206 valence electrons. The molecule has 9 heteroatoms. The second-order valence-corrected chi connectivity index (χ2v) is 9.85. The molecular formula is C29H38N2O7. The first-order chi connectivity index (χ1) is 18.1. The molecule has 0 bridgehead atoms. The Kier molecular flexibility index (Phi) is 12.3. The second-order valence-electron chi connectivity index (χ2n) is 9.85. The summed E-state index contributed by atoms with van der Waals surface area (Å²) in [6.07, 6.45) is 2.00. The van der Waals surface area contributed by atoms with Gasteiger partial charge in [-0.05, 0) is 56.9 Å². The molecule has 2 amide bonds. The fourth-order valence-electron chi connectivity index (χ4n) is 3.50. The summed E-state index contributed by atoms with van der Waals surface area (Å²) in [5, 5.41) is 5.42. The van der Waals surface area contributed by atoms with Crippen LogP contribution in [0.15, 0.2) is 54.6 Å². The quantitative estimate of drug-likeness (QED) is 0.226. The Balaban J connectivity index is 1.70. The first-order valence-electron chi connectivity index (χ1n) is 12.7. The zero-order chi connectivity index (χ0) is 28.0. The lowest BCUT2D eigenvalue weighted by atomic mass is 10.0. The Bertz CT molecular complexity index is 1050. The minimum absolute atomic E-state index is 0.210. The minimum Gasteiger partial charge on any atom is -0.467 e. The zero-order valence-corrected chi connectivity index (χ0v) is 22.6. The fraction of sp³-hybridized carbons (Fsp3) is 0.448. The number of alkyl carbamates (subject to hydrolysis) is 1. The van der Waals surface area contributed by atoms with Crippen molar-refractivity contribution in [3.05, 3.63) is 71.3 Å². The number of hydrogen-bond donors (Lipinski definition) is 2. The predicted octanol–water partition coefficient (Wildman–Crippen LogP) is 4.33. The Labute approximate surface area is 224 Å². The maximum atomic E-state index is 12.4. The lowest BCUT2D eigenvalue weighted by Crippen LogP contribution is -2.43. The van der Waals surface area contributed by atoms with Crippen LogP contribution in [0.1, 0.15) is 67.9 Å². The van der Waals surface area contributed by atoms with Crippen molar-refractivity contribution in [3.63, 3.8) is 0 Å². The molecule has 0 aliphatic rings. The maximum Gasteiger partial charge on any atom is 0.407 e. The number of benzene rings is 2. The van der Waals surface area contributed by atoms with E-state index in [0.717, 1.165) is 17.5 Å². The average molecular weight is 527 g/mol. The summed E-state index contributed by atoms with van der Waals surface area (Å²) in [5.41, 5.74) is 1.48. The fourth-order valence-corrected chi connectivity index (χ4v) is 3.50. The number of unbranched alkanes of at least 4 members (excludes halogenated alkanes) is 2. The van der Waals surface area contributed by atoms with Gasteiger partial charge in [-0.3, -0.25) is 4.79 Å². The molecule has 2 rings (SSSR count). The number of amides is 2. The second kappa shape index (κ2) is 15.4. The number of ether oxygens (including phenoxy) is 3. The van der Waals surface area contributed by atoms with Crippen LogP contribution in [0, 0.1) is 0 Å². The van der Waals surface area contributed by atoms with Gasteiger partial charge in [0.25, 0.3) is 0 Å². The van der Waals surface area contributed by atoms with Crippen LogP contribution in [0.2, 0.25) is 0 Å². The van der Waals surface area contributed by atoms with Crippen LogP contribution in [-0.4, -0.2) is 49.2 Å². The molecule has 0 unspecified atom stereocenters. The summed E-state index contributed by atoms with van der Waals surface area (Å²) < 4.78 is 15.4. The molecule has 0 spiro atoms. The lowest BCUT2D eigenvalue weighted by molar-refractivity contribution is -0.145. The first kappa shape index (κ1) is 30.3. The molecule has 2 N–H and O–H groups in total.